The molecule has 0 spiro atoms. The van der Waals surface area contributed by atoms with Gasteiger partial charge in [0.15, 0.2) is 14.6 Å². The van der Waals surface area contributed by atoms with Gasteiger partial charge >= 0.3 is 5.97 Å². The molecule has 0 aliphatic heterocycles. The van der Waals surface area contributed by atoms with Gasteiger partial charge in [0.2, 0.25) is 5.91 Å². The van der Waals surface area contributed by atoms with Crippen molar-refractivity contribution in [2.75, 3.05) is 12.9 Å². The number of non-ortho nitro benzene ring substituents is 1. The molecule has 2 aromatic carbocycles. The number of halogens is 1. The van der Waals surface area contributed by atoms with Gasteiger partial charge in [0.05, 0.1) is 32.9 Å². The van der Waals surface area contributed by atoms with Gasteiger partial charge < -0.3 is 9.30 Å². The first-order chi connectivity index (χ1) is 15.1. The standard InChI is InChI=1S/C19H16ClN3O7S2/c1-30-18(25)11-22-15-10-13(23(26)27)4-7-16(15)31-19(22)21-17(24)8-9-32(28,29)14-5-2-12(20)3-6-14/h2-7,10H,8-9,11H2,1H3. The zero-order chi connectivity index (χ0) is 23.5. The van der Waals surface area contributed by atoms with Gasteiger partial charge in [-0.1, -0.05) is 22.9 Å². The van der Waals surface area contributed by atoms with Crippen LogP contribution in [-0.2, 0) is 30.7 Å². The van der Waals surface area contributed by atoms with Gasteiger partial charge in [-0.25, -0.2) is 8.42 Å². The molecule has 3 rings (SSSR count). The summed E-state index contributed by atoms with van der Waals surface area (Å²) in [5.74, 6) is -1.83. The molecule has 32 heavy (non-hydrogen) atoms. The number of benzene rings is 2. The quantitative estimate of drug-likeness (QED) is 0.278. The van der Waals surface area contributed by atoms with E-state index in [1.165, 1.54) is 54.1 Å². The number of esters is 1. The molecule has 3 aromatic rings. The highest BCUT2D eigenvalue weighted by molar-refractivity contribution is 7.91. The number of amides is 1. The number of ether oxygens (including phenoxy) is 1. The number of methoxy groups -OCH3 is 1. The number of hydrogen-bond acceptors (Lipinski definition) is 8. The molecule has 10 nitrogen and oxygen atoms in total. The molecule has 13 heteroatoms. The lowest BCUT2D eigenvalue weighted by atomic mass is 10.3. The van der Waals surface area contributed by atoms with Crippen molar-refractivity contribution < 1.29 is 27.7 Å². The Bertz CT molecular complexity index is 1380. The van der Waals surface area contributed by atoms with E-state index in [1.54, 1.807) is 0 Å². The summed E-state index contributed by atoms with van der Waals surface area (Å²) in [6.07, 6.45) is -0.391. The van der Waals surface area contributed by atoms with E-state index in [1.807, 2.05) is 0 Å². The van der Waals surface area contributed by atoms with E-state index in [0.29, 0.717) is 15.2 Å². The summed E-state index contributed by atoms with van der Waals surface area (Å²) in [5, 5.41) is 11.5. The van der Waals surface area contributed by atoms with Gasteiger partial charge in [-0.3, -0.25) is 19.7 Å². The van der Waals surface area contributed by atoms with Gasteiger partial charge in [0.1, 0.15) is 6.54 Å². The summed E-state index contributed by atoms with van der Waals surface area (Å²) in [5.41, 5.74) is 0.135. The Hall–Kier alpha value is -3.09. The molecule has 0 fully saturated rings. The van der Waals surface area contributed by atoms with Crippen molar-refractivity contribution in [3.63, 3.8) is 0 Å². The fourth-order valence-electron chi connectivity index (χ4n) is 2.75. The molecule has 1 aromatic heterocycles. The van der Waals surface area contributed by atoms with Crippen LogP contribution in [0.3, 0.4) is 0 Å². The van der Waals surface area contributed by atoms with Crippen LogP contribution < -0.4 is 4.80 Å². The van der Waals surface area contributed by atoms with Crippen LogP contribution in [0.5, 0.6) is 0 Å². The highest BCUT2D eigenvalue weighted by Gasteiger charge is 2.18. The van der Waals surface area contributed by atoms with Crippen LogP contribution in [0.4, 0.5) is 5.69 Å². The van der Waals surface area contributed by atoms with Crippen LogP contribution >= 0.6 is 22.9 Å². The zero-order valence-electron chi connectivity index (χ0n) is 16.6. The Labute approximate surface area is 190 Å². The largest absolute Gasteiger partial charge is 0.468 e. The van der Waals surface area contributed by atoms with Crippen molar-refractivity contribution in [2.45, 2.75) is 17.9 Å². The SMILES string of the molecule is COC(=O)Cn1c(=NC(=O)CCS(=O)(=O)c2ccc(Cl)cc2)sc2ccc([N+](=O)[O-])cc21. The fourth-order valence-corrected chi connectivity index (χ4v) is 5.13. The van der Waals surface area contributed by atoms with E-state index in [2.05, 4.69) is 9.73 Å². The molecule has 0 saturated carbocycles. The van der Waals surface area contributed by atoms with E-state index in [0.717, 1.165) is 11.3 Å². The predicted molar refractivity (Wildman–Crippen MR) is 117 cm³/mol. The zero-order valence-corrected chi connectivity index (χ0v) is 18.9. The van der Waals surface area contributed by atoms with E-state index < -0.39 is 38.8 Å². The number of carbonyl (C=O) groups is 2. The first kappa shape index (κ1) is 23.6. The molecule has 0 bridgehead atoms. The molecule has 168 valence electrons. The second-order valence-corrected chi connectivity index (χ2v) is 10.0. The maximum absolute atomic E-state index is 12.4. The van der Waals surface area contributed by atoms with Crippen molar-refractivity contribution in [1.82, 2.24) is 4.57 Å². The number of nitro groups is 1. The van der Waals surface area contributed by atoms with E-state index in [4.69, 9.17) is 11.6 Å². The highest BCUT2D eigenvalue weighted by Crippen LogP contribution is 2.23. The van der Waals surface area contributed by atoms with Crippen molar-refractivity contribution in [3.05, 3.63) is 62.4 Å². The number of sulfone groups is 1. The monoisotopic (exact) mass is 497 g/mol. The molecule has 0 radical (unpaired) electrons. The number of fused-ring (bicyclic) bond motifs is 1. The number of nitrogens with zero attached hydrogens (tertiary/aromatic N) is 3. The highest BCUT2D eigenvalue weighted by atomic mass is 35.5. The topological polar surface area (TPSA) is 138 Å². The maximum Gasteiger partial charge on any atom is 0.325 e. The molecular weight excluding hydrogens is 482 g/mol. The minimum Gasteiger partial charge on any atom is -0.468 e. The lowest BCUT2D eigenvalue weighted by Crippen LogP contribution is -2.23. The van der Waals surface area contributed by atoms with Crippen LogP contribution in [0.15, 0.2) is 52.4 Å². The third kappa shape index (κ3) is 5.39. The lowest BCUT2D eigenvalue weighted by molar-refractivity contribution is -0.384. The number of thiazole rings is 1. The normalized spacial score (nSPS) is 12.1. The molecule has 0 N–H and O–H groups in total. The summed E-state index contributed by atoms with van der Waals surface area (Å²) >= 11 is 6.80. The minimum atomic E-state index is -3.73. The number of carbonyl (C=O) groups excluding carboxylic acids is 2. The Morgan fingerprint density at radius 3 is 2.53 bits per heavy atom. The van der Waals surface area contributed by atoms with Crippen LogP contribution in [0.25, 0.3) is 10.2 Å². The number of hydrogen-bond donors (Lipinski definition) is 0. The van der Waals surface area contributed by atoms with Crippen LogP contribution in [0.1, 0.15) is 6.42 Å². The summed E-state index contributed by atoms with van der Waals surface area (Å²) in [6.45, 7) is -0.327. The molecular formula is C19H16ClN3O7S2. The maximum atomic E-state index is 12.4. The van der Waals surface area contributed by atoms with Gasteiger partial charge in [-0.15, -0.1) is 0 Å². The summed E-state index contributed by atoms with van der Waals surface area (Å²) in [4.78, 5) is 38.8. The molecule has 0 aliphatic rings. The second-order valence-electron chi connectivity index (χ2n) is 6.48. The molecule has 1 heterocycles. The molecule has 0 atom stereocenters. The average Bonchev–Trinajstić information content (AvgIpc) is 3.08. The Morgan fingerprint density at radius 1 is 1.22 bits per heavy atom. The third-order valence-corrected chi connectivity index (χ3v) is 7.41. The number of nitro benzene ring substituents is 1. The van der Waals surface area contributed by atoms with Crippen LogP contribution in [-0.4, -0.2) is 42.6 Å². The van der Waals surface area contributed by atoms with E-state index >= 15 is 0 Å². The lowest BCUT2D eigenvalue weighted by Gasteiger charge is -2.04. The minimum absolute atomic E-state index is 0.0321. The molecule has 0 aliphatic carbocycles. The van der Waals surface area contributed by atoms with Crippen molar-refractivity contribution >= 4 is 60.6 Å². The van der Waals surface area contributed by atoms with E-state index in [9.17, 15) is 28.1 Å². The van der Waals surface area contributed by atoms with Crippen molar-refractivity contribution in [1.29, 1.82) is 0 Å². The fraction of sp³-hybridized carbons (Fsp3) is 0.211. The molecule has 0 saturated heterocycles. The van der Waals surface area contributed by atoms with Gasteiger partial charge in [-0.2, -0.15) is 4.99 Å². The third-order valence-electron chi connectivity index (χ3n) is 4.37. The summed E-state index contributed by atoms with van der Waals surface area (Å²) in [6, 6.07) is 9.62. The second kappa shape index (κ2) is 9.59. The number of aromatic nitrogens is 1. The Kier molecular flexibility index (Phi) is 7.06. The van der Waals surface area contributed by atoms with Crippen molar-refractivity contribution in [2.24, 2.45) is 4.99 Å². The first-order valence-electron chi connectivity index (χ1n) is 9.01. The summed E-state index contributed by atoms with van der Waals surface area (Å²) in [7, 11) is -2.55. The average molecular weight is 498 g/mol. The van der Waals surface area contributed by atoms with Crippen LogP contribution in [0, 0.1) is 10.1 Å². The predicted octanol–water partition coefficient (Wildman–Crippen LogP) is 2.73. The van der Waals surface area contributed by atoms with Crippen molar-refractivity contribution in [3.8, 4) is 0 Å². The van der Waals surface area contributed by atoms with Gasteiger partial charge in [-0.05, 0) is 30.3 Å². The summed E-state index contributed by atoms with van der Waals surface area (Å²) < 4.78 is 31.4. The van der Waals surface area contributed by atoms with Gasteiger partial charge in [0.25, 0.3) is 5.69 Å². The smallest absolute Gasteiger partial charge is 0.325 e. The number of rotatable bonds is 7. The van der Waals surface area contributed by atoms with E-state index in [-0.39, 0.29) is 21.9 Å². The first-order valence-corrected chi connectivity index (χ1v) is 11.9. The Morgan fingerprint density at radius 2 is 1.91 bits per heavy atom. The molecule has 0 unspecified atom stereocenters. The molecule has 1 amide bonds. The van der Waals surface area contributed by atoms with Gasteiger partial charge in [0, 0.05) is 23.6 Å². The Balaban J connectivity index is 1.92. The van der Waals surface area contributed by atoms with Crippen LogP contribution in [0.2, 0.25) is 5.02 Å².